The van der Waals surface area contributed by atoms with E-state index in [4.69, 9.17) is 0 Å². The van der Waals surface area contributed by atoms with E-state index in [1.165, 1.54) is 10.8 Å². The number of hydrogen-bond acceptors (Lipinski definition) is 0. The summed E-state index contributed by atoms with van der Waals surface area (Å²) in [5, 5.41) is 1.36. The van der Waals surface area contributed by atoms with Crippen LogP contribution in [0.5, 0.6) is 0 Å². The molecule has 0 bridgehead atoms. The van der Waals surface area contributed by atoms with E-state index in [-0.39, 0.29) is 5.48 Å². The van der Waals surface area contributed by atoms with Crippen LogP contribution in [0.25, 0.3) is 0 Å². The molecule has 0 atom stereocenters. The molecule has 11 heavy (non-hydrogen) atoms. The molecule has 0 aliphatic carbocycles. The van der Waals surface area contributed by atoms with Gasteiger partial charge in [0.1, 0.15) is 0 Å². The summed E-state index contributed by atoms with van der Waals surface area (Å²) in [5.41, 5.74) is 1.52. The molecule has 1 aromatic carbocycles. The monoisotopic (exact) mass is 213 g/mol. The van der Waals surface area contributed by atoms with Crippen molar-refractivity contribution in [2.75, 3.05) is 0 Å². The standard InChI is InChI=1S/C9H13Ge.H2O/c1-10(2)8-9-6-4-3-5-7-9;/h3-7H,8H2,1-2H3;1H2. The molecular weight excluding hydrogens is 197 g/mol. The van der Waals surface area contributed by atoms with E-state index >= 15 is 0 Å². The molecule has 61 valence electrons. The molecule has 1 radical (unpaired) electrons. The van der Waals surface area contributed by atoms with Crippen molar-refractivity contribution >= 4 is 14.3 Å². The van der Waals surface area contributed by atoms with Gasteiger partial charge in [0, 0.05) is 0 Å². The van der Waals surface area contributed by atoms with Gasteiger partial charge in [-0.15, -0.1) is 0 Å². The van der Waals surface area contributed by atoms with Crippen LogP contribution in [0.3, 0.4) is 0 Å². The first-order valence-electron chi connectivity index (χ1n) is 3.62. The van der Waals surface area contributed by atoms with Gasteiger partial charge in [-0.05, 0) is 0 Å². The van der Waals surface area contributed by atoms with Gasteiger partial charge < -0.3 is 5.48 Å². The van der Waals surface area contributed by atoms with Gasteiger partial charge in [-0.1, -0.05) is 0 Å². The molecule has 2 heteroatoms. The zero-order valence-electron chi connectivity index (χ0n) is 7.09. The first kappa shape index (κ1) is 10.7. The molecule has 1 rings (SSSR count). The predicted octanol–water partition coefficient (Wildman–Crippen LogP) is 1.70. The third kappa shape index (κ3) is 4.22. The Morgan fingerprint density at radius 1 is 1.09 bits per heavy atom. The van der Waals surface area contributed by atoms with Gasteiger partial charge in [0.05, 0.1) is 0 Å². The van der Waals surface area contributed by atoms with E-state index in [0.29, 0.717) is 0 Å². The van der Waals surface area contributed by atoms with E-state index < -0.39 is 14.3 Å². The SMILES string of the molecule is O.[CH3][Ge]([CH3])[CH2]c1ccccc1. The minimum absolute atomic E-state index is 0. The number of rotatable bonds is 2. The van der Waals surface area contributed by atoms with Crippen LogP contribution in [0.1, 0.15) is 5.56 Å². The molecule has 0 saturated heterocycles. The van der Waals surface area contributed by atoms with E-state index in [2.05, 4.69) is 41.8 Å². The summed E-state index contributed by atoms with van der Waals surface area (Å²) in [6.45, 7) is 0. The van der Waals surface area contributed by atoms with Gasteiger partial charge in [0.15, 0.2) is 0 Å². The molecule has 0 aliphatic rings. The molecule has 0 aromatic heterocycles. The molecular formula is C9H15GeO. The Bertz CT molecular complexity index is 184. The maximum atomic E-state index is 2.41. The molecule has 0 heterocycles. The Morgan fingerprint density at radius 3 is 2.09 bits per heavy atom. The second-order valence-electron chi connectivity index (χ2n) is 2.87. The van der Waals surface area contributed by atoms with Crippen molar-refractivity contribution in [3.63, 3.8) is 0 Å². The zero-order chi connectivity index (χ0) is 7.40. The van der Waals surface area contributed by atoms with Crippen molar-refractivity contribution in [3.8, 4) is 0 Å². The molecule has 2 N–H and O–H groups in total. The Kier molecular flexibility index (Phi) is 5.25. The van der Waals surface area contributed by atoms with E-state index in [9.17, 15) is 0 Å². The number of benzene rings is 1. The van der Waals surface area contributed by atoms with Gasteiger partial charge in [-0.25, -0.2) is 0 Å². The van der Waals surface area contributed by atoms with Gasteiger partial charge in [-0.3, -0.25) is 0 Å². The van der Waals surface area contributed by atoms with Crippen LogP contribution >= 0.6 is 0 Å². The first-order valence-corrected chi connectivity index (χ1v) is 9.30. The minimum atomic E-state index is -0.630. The van der Waals surface area contributed by atoms with Crippen LogP contribution in [-0.2, 0) is 5.25 Å². The quantitative estimate of drug-likeness (QED) is 0.668. The summed E-state index contributed by atoms with van der Waals surface area (Å²) >= 11 is -0.630. The summed E-state index contributed by atoms with van der Waals surface area (Å²) < 4.78 is 0. The van der Waals surface area contributed by atoms with Crippen LogP contribution < -0.4 is 0 Å². The van der Waals surface area contributed by atoms with Crippen LogP contribution in [0.15, 0.2) is 30.3 Å². The summed E-state index contributed by atoms with van der Waals surface area (Å²) in [5.74, 6) is 4.82. The molecule has 0 unspecified atom stereocenters. The normalized spacial score (nSPS) is 9.36. The van der Waals surface area contributed by atoms with Crippen molar-refractivity contribution in [3.05, 3.63) is 35.9 Å². The topological polar surface area (TPSA) is 31.5 Å². The van der Waals surface area contributed by atoms with Crippen LogP contribution in [-0.4, -0.2) is 19.8 Å². The van der Waals surface area contributed by atoms with Crippen molar-refractivity contribution in [1.82, 2.24) is 0 Å². The molecule has 1 aromatic rings. The maximum absolute atomic E-state index is 2.41. The third-order valence-electron chi connectivity index (χ3n) is 1.40. The van der Waals surface area contributed by atoms with Crippen LogP contribution in [0.2, 0.25) is 11.5 Å². The van der Waals surface area contributed by atoms with Crippen molar-refractivity contribution < 1.29 is 5.48 Å². The van der Waals surface area contributed by atoms with E-state index in [0.717, 1.165) is 0 Å². The van der Waals surface area contributed by atoms with Crippen LogP contribution in [0.4, 0.5) is 0 Å². The second-order valence-corrected chi connectivity index (χ2v) is 8.68. The Morgan fingerprint density at radius 2 is 1.64 bits per heavy atom. The average Bonchev–Trinajstić information content (AvgIpc) is 1.88. The molecule has 0 amide bonds. The Labute approximate surface area is 72.9 Å². The zero-order valence-corrected chi connectivity index (χ0v) is 9.19. The molecule has 1 nitrogen and oxygen atoms in total. The third-order valence-corrected chi connectivity index (χ3v) is 3.74. The van der Waals surface area contributed by atoms with Gasteiger partial charge >= 0.3 is 67.0 Å². The fourth-order valence-electron chi connectivity index (χ4n) is 1.00. The summed E-state index contributed by atoms with van der Waals surface area (Å²) in [6, 6.07) is 10.8. The molecule has 0 spiro atoms. The fourth-order valence-corrected chi connectivity index (χ4v) is 3.21. The average molecular weight is 212 g/mol. The van der Waals surface area contributed by atoms with Gasteiger partial charge in [-0.2, -0.15) is 0 Å². The fraction of sp³-hybridized carbons (Fsp3) is 0.333. The summed E-state index contributed by atoms with van der Waals surface area (Å²) in [4.78, 5) is 0. The van der Waals surface area contributed by atoms with E-state index in [1.807, 2.05) is 0 Å². The van der Waals surface area contributed by atoms with Crippen molar-refractivity contribution in [1.29, 1.82) is 0 Å². The number of hydrogen-bond donors (Lipinski definition) is 0. The molecule has 0 saturated carbocycles. The summed E-state index contributed by atoms with van der Waals surface area (Å²) in [7, 11) is 0. The Balaban J connectivity index is 0.000001000. The summed E-state index contributed by atoms with van der Waals surface area (Å²) in [6.07, 6.45) is 0. The molecule has 0 fully saturated rings. The Hall–Kier alpha value is -0.277. The van der Waals surface area contributed by atoms with E-state index in [1.54, 1.807) is 0 Å². The second kappa shape index (κ2) is 5.38. The van der Waals surface area contributed by atoms with Gasteiger partial charge in [0.2, 0.25) is 0 Å². The van der Waals surface area contributed by atoms with Crippen molar-refractivity contribution in [2.45, 2.75) is 16.8 Å². The first-order chi connectivity index (χ1) is 4.79. The van der Waals surface area contributed by atoms with Crippen molar-refractivity contribution in [2.24, 2.45) is 0 Å². The predicted molar refractivity (Wildman–Crippen MR) is 51.2 cm³/mol. The van der Waals surface area contributed by atoms with Crippen LogP contribution in [0, 0.1) is 0 Å². The van der Waals surface area contributed by atoms with Gasteiger partial charge in [0.25, 0.3) is 0 Å². The molecule has 0 aliphatic heterocycles.